The van der Waals surface area contributed by atoms with Crippen LogP contribution in [-0.4, -0.2) is 18.7 Å². The summed E-state index contributed by atoms with van der Waals surface area (Å²) in [6.07, 6.45) is 2.13. The molecule has 0 aliphatic heterocycles. The maximum absolute atomic E-state index is 12.2. The number of rotatable bonds is 5. The molecule has 0 N–H and O–H groups in total. The molecule has 1 unspecified atom stereocenters. The Kier molecular flexibility index (Phi) is 4.95. The summed E-state index contributed by atoms with van der Waals surface area (Å²) in [6.45, 7) is 8.50. The summed E-state index contributed by atoms with van der Waals surface area (Å²) in [4.78, 5) is 13.9. The number of amides is 1. The Balaban J connectivity index is 2.31. The van der Waals surface area contributed by atoms with Crippen LogP contribution in [0, 0.1) is 11.3 Å². The van der Waals surface area contributed by atoms with E-state index in [1.807, 2.05) is 18.2 Å². The molecule has 0 saturated heterocycles. The third kappa shape index (κ3) is 4.21. The second-order valence-electron chi connectivity index (χ2n) is 6.84. The fraction of sp³-hybridized carbons (Fsp3) is 0.588. The van der Waals surface area contributed by atoms with Gasteiger partial charge in [-0.3, -0.25) is 9.69 Å². The summed E-state index contributed by atoms with van der Waals surface area (Å²) in [7, 11) is 0. The van der Waals surface area contributed by atoms with E-state index < -0.39 is 0 Å². The van der Waals surface area contributed by atoms with Crippen molar-refractivity contribution in [3.63, 3.8) is 0 Å². The number of hydrogen-bond acceptors (Lipinski definition) is 2. The number of carbonyl (C=O) groups is 1. The van der Waals surface area contributed by atoms with Gasteiger partial charge in [0.15, 0.2) is 0 Å². The average Bonchev–Trinajstić information content (AvgIpc) is 3.18. The minimum Gasteiger partial charge on any atom is -0.357 e. The van der Waals surface area contributed by atoms with Crippen LogP contribution >= 0.6 is 11.6 Å². The molecule has 0 heterocycles. The summed E-state index contributed by atoms with van der Waals surface area (Å²) >= 11 is 6.28. The molecule has 116 valence electrons. The van der Waals surface area contributed by atoms with Crippen LogP contribution in [0.3, 0.4) is 0 Å². The Morgan fingerprint density at radius 2 is 2.00 bits per heavy atom. The highest BCUT2D eigenvalue weighted by Crippen LogP contribution is 2.36. The summed E-state index contributed by atoms with van der Waals surface area (Å²) in [5.74, 6) is 0.591. The first-order valence-electron chi connectivity index (χ1n) is 7.46. The Bertz CT molecular complexity index is 506. The van der Waals surface area contributed by atoms with E-state index in [1.54, 1.807) is 17.9 Å². The number of halogens is 1. The lowest BCUT2D eigenvalue weighted by Gasteiger charge is -2.39. The molecule has 1 aliphatic rings. The quantitative estimate of drug-likeness (QED) is 0.750. The number of benzene rings is 1. The van der Waals surface area contributed by atoms with E-state index in [0.29, 0.717) is 23.2 Å². The number of anilines is 1. The first-order valence-corrected chi connectivity index (χ1v) is 7.84. The van der Waals surface area contributed by atoms with E-state index in [2.05, 4.69) is 20.8 Å². The fourth-order valence-corrected chi connectivity index (χ4v) is 2.56. The van der Waals surface area contributed by atoms with Crippen LogP contribution in [0.2, 0.25) is 5.02 Å². The highest BCUT2D eigenvalue weighted by atomic mass is 35.5. The lowest BCUT2D eigenvalue weighted by molar-refractivity contribution is -0.122. The molecule has 0 radical (unpaired) electrons. The van der Waals surface area contributed by atoms with Crippen molar-refractivity contribution in [3.8, 4) is 0 Å². The van der Waals surface area contributed by atoms with Crippen molar-refractivity contribution in [2.24, 2.45) is 11.3 Å². The van der Waals surface area contributed by atoms with E-state index in [9.17, 15) is 4.79 Å². The third-order valence-corrected chi connectivity index (χ3v) is 3.93. The van der Waals surface area contributed by atoms with Gasteiger partial charge in [-0.15, -0.1) is 0 Å². The lowest BCUT2D eigenvalue weighted by Crippen LogP contribution is -2.49. The molecule has 2 rings (SSSR count). The van der Waals surface area contributed by atoms with Gasteiger partial charge < -0.3 is 4.74 Å². The predicted octanol–water partition coefficient (Wildman–Crippen LogP) is 4.49. The van der Waals surface area contributed by atoms with Gasteiger partial charge in [-0.1, -0.05) is 44.5 Å². The molecule has 0 bridgehead atoms. The fourth-order valence-electron chi connectivity index (χ4n) is 2.33. The van der Waals surface area contributed by atoms with Gasteiger partial charge in [0.25, 0.3) is 0 Å². The first kappa shape index (κ1) is 16.3. The monoisotopic (exact) mass is 309 g/mol. The van der Waals surface area contributed by atoms with Crippen LogP contribution in [0.5, 0.6) is 0 Å². The Hall–Kier alpha value is -1.06. The van der Waals surface area contributed by atoms with Crippen molar-refractivity contribution in [2.75, 3.05) is 11.5 Å². The van der Waals surface area contributed by atoms with Crippen molar-refractivity contribution in [1.82, 2.24) is 0 Å². The minimum atomic E-state index is -0.324. The van der Waals surface area contributed by atoms with Crippen LogP contribution < -0.4 is 4.90 Å². The Morgan fingerprint density at radius 1 is 1.38 bits per heavy atom. The molecule has 1 amide bonds. The molecular weight excluding hydrogens is 286 g/mol. The summed E-state index contributed by atoms with van der Waals surface area (Å²) in [5.41, 5.74) is 0.516. The smallest absolute Gasteiger partial charge is 0.226 e. The van der Waals surface area contributed by atoms with Crippen LogP contribution in [0.1, 0.15) is 40.5 Å². The molecule has 1 aliphatic carbocycles. The maximum atomic E-state index is 12.2. The van der Waals surface area contributed by atoms with Gasteiger partial charge in [-0.2, -0.15) is 0 Å². The predicted molar refractivity (Wildman–Crippen MR) is 86.5 cm³/mol. The van der Waals surface area contributed by atoms with Gasteiger partial charge >= 0.3 is 0 Å². The van der Waals surface area contributed by atoms with Crippen molar-refractivity contribution >= 4 is 23.2 Å². The van der Waals surface area contributed by atoms with Crippen LogP contribution in [0.15, 0.2) is 24.3 Å². The molecule has 3 nitrogen and oxygen atoms in total. The van der Waals surface area contributed by atoms with Crippen LogP contribution in [-0.2, 0) is 9.53 Å². The summed E-state index contributed by atoms with van der Waals surface area (Å²) in [5, 5.41) is 0.567. The highest BCUT2D eigenvalue weighted by Gasteiger charge is 2.36. The van der Waals surface area contributed by atoms with Crippen molar-refractivity contribution in [2.45, 2.75) is 46.8 Å². The lowest BCUT2D eigenvalue weighted by atomic mass is 9.92. The highest BCUT2D eigenvalue weighted by molar-refractivity contribution is 6.33. The molecule has 4 heteroatoms. The number of carbonyl (C=O) groups excluding carboxylic acids is 1. The second kappa shape index (κ2) is 6.37. The van der Waals surface area contributed by atoms with Crippen LogP contribution in [0.4, 0.5) is 5.69 Å². The topological polar surface area (TPSA) is 29.5 Å². The van der Waals surface area contributed by atoms with E-state index in [1.165, 1.54) is 12.8 Å². The molecule has 1 atom stereocenters. The molecule has 21 heavy (non-hydrogen) atoms. The normalized spacial score (nSPS) is 16.6. The van der Waals surface area contributed by atoms with E-state index in [0.717, 1.165) is 0 Å². The molecule has 0 spiro atoms. The molecular formula is C17H24ClNO2. The Labute approximate surface area is 132 Å². The van der Waals surface area contributed by atoms with Crippen molar-refractivity contribution in [1.29, 1.82) is 0 Å². The van der Waals surface area contributed by atoms with Crippen molar-refractivity contribution < 1.29 is 9.53 Å². The summed E-state index contributed by atoms with van der Waals surface area (Å²) in [6, 6.07) is 7.41. The first-order chi connectivity index (χ1) is 9.80. The van der Waals surface area contributed by atoms with Gasteiger partial charge in [-0.25, -0.2) is 0 Å². The number of hydrogen-bond donors (Lipinski definition) is 0. The number of para-hydroxylation sites is 1. The third-order valence-electron chi connectivity index (χ3n) is 3.61. The zero-order valence-electron chi connectivity index (χ0n) is 13.2. The van der Waals surface area contributed by atoms with Gasteiger partial charge in [0.2, 0.25) is 5.91 Å². The van der Waals surface area contributed by atoms with E-state index in [4.69, 9.17) is 16.3 Å². The molecule has 1 aromatic carbocycles. The van der Waals surface area contributed by atoms with E-state index in [-0.39, 0.29) is 17.6 Å². The standard InChI is InChI=1S/C17H24ClNO2/c1-12(20)19(15-8-6-5-7-14(15)18)16(17(2,3)4)21-11-13-9-10-13/h5-8,13,16H,9-11H2,1-4H3. The zero-order valence-corrected chi connectivity index (χ0v) is 14.0. The molecule has 0 aromatic heterocycles. The SMILES string of the molecule is CC(=O)N(c1ccccc1Cl)C(OCC1CC1)C(C)(C)C. The molecule has 1 fully saturated rings. The number of nitrogens with zero attached hydrogens (tertiary/aromatic N) is 1. The number of ether oxygens (including phenoxy) is 1. The Morgan fingerprint density at radius 3 is 2.48 bits per heavy atom. The largest absolute Gasteiger partial charge is 0.357 e. The van der Waals surface area contributed by atoms with Crippen LogP contribution in [0.25, 0.3) is 0 Å². The maximum Gasteiger partial charge on any atom is 0.226 e. The average molecular weight is 310 g/mol. The van der Waals surface area contributed by atoms with Gasteiger partial charge in [0, 0.05) is 12.3 Å². The molecule has 1 aromatic rings. The summed E-state index contributed by atoms with van der Waals surface area (Å²) < 4.78 is 6.11. The zero-order chi connectivity index (χ0) is 15.6. The van der Waals surface area contributed by atoms with Gasteiger partial charge in [-0.05, 0) is 30.9 Å². The van der Waals surface area contributed by atoms with Gasteiger partial charge in [0.1, 0.15) is 6.23 Å². The second-order valence-corrected chi connectivity index (χ2v) is 7.24. The van der Waals surface area contributed by atoms with Crippen molar-refractivity contribution in [3.05, 3.63) is 29.3 Å². The van der Waals surface area contributed by atoms with E-state index >= 15 is 0 Å². The molecule has 1 saturated carbocycles. The minimum absolute atomic E-state index is 0.0566. The van der Waals surface area contributed by atoms with Gasteiger partial charge in [0.05, 0.1) is 17.3 Å².